The summed E-state index contributed by atoms with van der Waals surface area (Å²) in [6.45, 7) is 5.90. The van der Waals surface area contributed by atoms with Gasteiger partial charge in [-0.3, -0.25) is 4.79 Å². The second kappa shape index (κ2) is 4.96. The van der Waals surface area contributed by atoms with Crippen LogP contribution in [0.1, 0.15) is 41.1 Å². The van der Waals surface area contributed by atoms with E-state index in [2.05, 4.69) is 5.16 Å². The number of aromatic nitrogens is 1. The molecule has 1 saturated heterocycles. The summed E-state index contributed by atoms with van der Waals surface area (Å²) in [6, 6.07) is 0. The molecule has 1 amide bonds. The third-order valence-electron chi connectivity index (χ3n) is 3.94. The molecule has 0 N–H and O–H groups in total. The van der Waals surface area contributed by atoms with E-state index in [4.69, 9.17) is 9.26 Å². The van der Waals surface area contributed by atoms with E-state index in [0.717, 1.165) is 25.5 Å². The molecule has 1 aromatic heterocycles. The van der Waals surface area contributed by atoms with Gasteiger partial charge < -0.3 is 14.2 Å². The Morgan fingerprint density at radius 1 is 1.42 bits per heavy atom. The Labute approximate surface area is 112 Å². The van der Waals surface area contributed by atoms with Gasteiger partial charge in [0.25, 0.3) is 5.91 Å². The van der Waals surface area contributed by atoms with Crippen LogP contribution >= 0.6 is 0 Å². The molecule has 1 aromatic rings. The Morgan fingerprint density at radius 2 is 2.21 bits per heavy atom. The zero-order chi connectivity index (χ0) is 13.4. The average Bonchev–Trinajstić information content (AvgIpc) is 3.00. The standard InChI is InChI=1S/C14H20N2O3/c1-9-13(10(2)19-15-9)14(17)16-6-5-12(7-16)18-8-11-3-4-11/h11-12H,3-8H2,1-2H3. The fourth-order valence-electron chi connectivity index (χ4n) is 2.55. The van der Waals surface area contributed by atoms with Gasteiger partial charge in [0.2, 0.25) is 0 Å². The van der Waals surface area contributed by atoms with Gasteiger partial charge in [-0.2, -0.15) is 0 Å². The van der Waals surface area contributed by atoms with Crippen molar-refractivity contribution in [1.29, 1.82) is 0 Å². The molecule has 2 aliphatic rings. The molecule has 2 heterocycles. The van der Waals surface area contributed by atoms with Crippen LogP contribution in [0.4, 0.5) is 0 Å². The molecule has 3 rings (SSSR count). The van der Waals surface area contributed by atoms with Crippen molar-refractivity contribution in [3.8, 4) is 0 Å². The first-order valence-electron chi connectivity index (χ1n) is 6.99. The Morgan fingerprint density at radius 3 is 2.84 bits per heavy atom. The summed E-state index contributed by atoms with van der Waals surface area (Å²) in [4.78, 5) is 14.3. The molecule has 104 valence electrons. The van der Waals surface area contributed by atoms with Crippen molar-refractivity contribution in [1.82, 2.24) is 10.1 Å². The maximum Gasteiger partial charge on any atom is 0.259 e. The van der Waals surface area contributed by atoms with Gasteiger partial charge >= 0.3 is 0 Å². The number of amides is 1. The summed E-state index contributed by atoms with van der Waals surface area (Å²) >= 11 is 0. The van der Waals surface area contributed by atoms with E-state index in [0.29, 0.717) is 23.6 Å². The molecule has 0 aromatic carbocycles. The monoisotopic (exact) mass is 264 g/mol. The fourth-order valence-corrected chi connectivity index (χ4v) is 2.55. The van der Waals surface area contributed by atoms with Gasteiger partial charge in [0.1, 0.15) is 11.3 Å². The molecule has 0 bridgehead atoms. The zero-order valence-corrected chi connectivity index (χ0v) is 11.5. The van der Waals surface area contributed by atoms with Gasteiger partial charge in [-0.05, 0) is 39.0 Å². The maximum absolute atomic E-state index is 12.4. The second-order valence-corrected chi connectivity index (χ2v) is 5.64. The first-order valence-corrected chi connectivity index (χ1v) is 6.99. The van der Waals surface area contributed by atoms with Gasteiger partial charge in [-0.15, -0.1) is 0 Å². The van der Waals surface area contributed by atoms with Gasteiger partial charge in [0, 0.05) is 19.7 Å². The van der Waals surface area contributed by atoms with Crippen LogP contribution in [-0.2, 0) is 4.74 Å². The topological polar surface area (TPSA) is 55.6 Å². The number of carbonyl (C=O) groups is 1. The highest BCUT2D eigenvalue weighted by atomic mass is 16.5. The largest absolute Gasteiger partial charge is 0.376 e. The molecular weight excluding hydrogens is 244 g/mol. The third-order valence-corrected chi connectivity index (χ3v) is 3.94. The molecular formula is C14H20N2O3. The summed E-state index contributed by atoms with van der Waals surface area (Å²) in [5.41, 5.74) is 1.28. The SMILES string of the molecule is Cc1noc(C)c1C(=O)N1CCC(OCC2CC2)C1. The van der Waals surface area contributed by atoms with Crippen LogP contribution in [0, 0.1) is 19.8 Å². The lowest BCUT2D eigenvalue weighted by Gasteiger charge is -2.16. The summed E-state index contributed by atoms with van der Waals surface area (Å²) in [7, 11) is 0. The molecule has 19 heavy (non-hydrogen) atoms. The molecule has 0 spiro atoms. The molecule has 0 radical (unpaired) electrons. The normalized spacial score (nSPS) is 23.1. The minimum Gasteiger partial charge on any atom is -0.376 e. The minimum atomic E-state index is 0.0220. The first-order chi connectivity index (χ1) is 9.15. The van der Waals surface area contributed by atoms with Crippen LogP contribution in [0.5, 0.6) is 0 Å². The maximum atomic E-state index is 12.4. The van der Waals surface area contributed by atoms with Crippen molar-refractivity contribution in [2.75, 3.05) is 19.7 Å². The minimum absolute atomic E-state index is 0.0220. The number of nitrogens with zero attached hydrogens (tertiary/aromatic N) is 2. The highest BCUT2D eigenvalue weighted by Crippen LogP contribution is 2.30. The highest BCUT2D eigenvalue weighted by molar-refractivity contribution is 5.96. The van der Waals surface area contributed by atoms with Crippen molar-refractivity contribution >= 4 is 5.91 Å². The quantitative estimate of drug-likeness (QED) is 0.834. The molecule has 1 unspecified atom stereocenters. The van der Waals surface area contributed by atoms with E-state index in [9.17, 15) is 4.79 Å². The van der Waals surface area contributed by atoms with Crippen molar-refractivity contribution in [3.63, 3.8) is 0 Å². The number of likely N-dealkylation sites (tertiary alicyclic amines) is 1. The highest BCUT2D eigenvalue weighted by Gasteiger charge is 2.32. The molecule has 1 atom stereocenters. The number of rotatable bonds is 4. The molecule has 1 saturated carbocycles. The van der Waals surface area contributed by atoms with E-state index >= 15 is 0 Å². The number of hydrogen-bond donors (Lipinski definition) is 0. The van der Waals surface area contributed by atoms with Crippen molar-refractivity contribution in [2.24, 2.45) is 5.92 Å². The van der Waals surface area contributed by atoms with Crippen molar-refractivity contribution < 1.29 is 14.1 Å². The van der Waals surface area contributed by atoms with E-state index in [1.165, 1.54) is 12.8 Å². The molecule has 5 nitrogen and oxygen atoms in total. The van der Waals surface area contributed by atoms with E-state index in [1.807, 2.05) is 4.90 Å². The molecule has 2 fully saturated rings. The molecule has 1 aliphatic heterocycles. The van der Waals surface area contributed by atoms with Crippen LogP contribution in [-0.4, -0.2) is 41.8 Å². The number of carbonyl (C=O) groups excluding carboxylic acids is 1. The van der Waals surface area contributed by atoms with Gasteiger partial charge in [0.05, 0.1) is 11.8 Å². The summed E-state index contributed by atoms with van der Waals surface area (Å²) in [6.07, 6.45) is 3.73. The lowest BCUT2D eigenvalue weighted by atomic mass is 10.2. The average molecular weight is 264 g/mol. The fraction of sp³-hybridized carbons (Fsp3) is 0.714. The van der Waals surface area contributed by atoms with Crippen LogP contribution in [0.2, 0.25) is 0 Å². The number of hydrogen-bond acceptors (Lipinski definition) is 4. The lowest BCUT2D eigenvalue weighted by molar-refractivity contribution is 0.0480. The van der Waals surface area contributed by atoms with Gasteiger partial charge in [-0.1, -0.05) is 5.16 Å². The Bertz CT molecular complexity index is 460. The van der Waals surface area contributed by atoms with Gasteiger partial charge in [-0.25, -0.2) is 0 Å². The van der Waals surface area contributed by atoms with E-state index in [-0.39, 0.29) is 12.0 Å². The van der Waals surface area contributed by atoms with Gasteiger partial charge in [0.15, 0.2) is 0 Å². The van der Waals surface area contributed by atoms with Crippen LogP contribution in [0.15, 0.2) is 4.52 Å². The van der Waals surface area contributed by atoms with E-state index in [1.54, 1.807) is 13.8 Å². The summed E-state index contributed by atoms with van der Waals surface area (Å²) in [5.74, 6) is 1.39. The Hall–Kier alpha value is -1.36. The third kappa shape index (κ3) is 2.66. The van der Waals surface area contributed by atoms with Crippen LogP contribution < -0.4 is 0 Å². The predicted molar refractivity (Wildman–Crippen MR) is 69.0 cm³/mol. The molecule has 5 heteroatoms. The Kier molecular flexibility index (Phi) is 3.31. The Balaban J connectivity index is 1.59. The summed E-state index contributed by atoms with van der Waals surface area (Å²) in [5, 5.41) is 3.84. The smallest absolute Gasteiger partial charge is 0.259 e. The molecule has 1 aliphatic carbocycles. The zero-order valence-electron chi connectivity index (χ0n) is 11.5. The predicted octanol–water partition coefficient (Wildman–Crippen LogP) is 1.93. The number of aryl methyl sites for hydroxylation is 2. The van der Waals surface area contributed by atoms with Crippen LogP contribution in [0.3, 0.4) is 0 Å². The first kappa shape index (κ1) is 12.7. The van der Waals surface area contributed by atoms with Crippen molar-refractivity contribution in [3.05, 3.63) is 17.0 Å². The number of ether oxygens (including phenoxy) is 1. The van der Waals surface area contributed by atoms with Crippen LogP contribution in [0.25, 0.3) is 0 Å². The second-order valence-electron chi connectivity index (χ2n) is 5.64. The lowest BCUT2D eigenvalue weighted by Crippen LogP contribution is -2.31. The van der Waals surface area contributed by atoms with E-state index < -0.39 is 0 Å². The van der Waals surface area contributed by atoms with Crippen molar-refractivity contribution in [2.45, 2.75) is 39.2 Å². The summed E-state index contributed by atoms with van der Waals surface area (Å²) < 4.78 is 10.9.